The van der Waals surface area contributed by atoms with Crippen LogP contribution < -0.4 is 9.47 Å². The Morgan fingerprint density at radius 1 is 1.10 bits per heavy atom. The minimum absolute atomic E-state index is 0.276. The number of hydrogen-bond acceptors (Lipinski definition) is 4. The lowest BCUT2D eigenvalue weighted by atomic mass is 10.2. The van der Waals surface area contributed by atoms with Crippen molar-refractivity contribution in [2.45, 2.75) is 17.1 Å². The SMILES string of the molecule is Oc1ccc(SCc2cc(Cl)c3c(c2)OCCCO3)cc1. The third kappa shape index (κ3) is 3.57. The molecule has 0 fully saturated rings. The Kier molecular flexibility index (Phi) is 4.46. The van der Waals surface area contributed by atoms with Gasteiger partial charge in [-0.2, -0.15) is 0 Å². The van der Waals surface area contributed by atoms with Crippen molar-refractivity contribution in [3.8, 4) is 17.2 Å². The smallest absolute Gasteiger partial charge is 0.179 e. The van der Waals surface area contributed by atoms with E-state index in [9.17, 15) is 5.11 Å². The van der Waals surface area contributed by atoms with Gasteiger partial charge in [0, 0.05) is 17.1 Å². The zero-order valence-electron chi connectivity index (χ0n) is 11.3. The second-order valence-electron chi connectivity index (χ2n) is 4.74. The number of phenols is 1. The van der Waals surface area contributed by atoms with Crippen molar-refractivity contribution in [2.24, 2.45) is 0 Å². The normalized spacial score (nSPS) is 13.8. The van der Waals surface area contributed by atoms with Gasteiger partial charge >= 0.3 is 0 Å². The van der Waals surface area contributed by atoms with Crippen molar-refractivity contribution in [2.75, 3.05) is 13.2 Å². The second kappa shape index (κ2) is 6.50. The van der Waals surface area contributed by atoms with Crippen molar-refractivity contribution in [1.82, 2.24) is 0 Å². The molecule has 0 radical (unpaired) electrons. The van der Waals surface area contributed by atoms with Crippen LogP contribution in [0, 0.1) is 0 Å². The van der Waals surface area contributed by atoms with E-state index in [1.807, 2.05) is 24.3 Å². The maximum Gasteiger partial charge on any atom is 0.179 e. The van der Waals surface area contributed by atoms with E-state index in [0.717, 1.165) is 28.4 Å². The molecule has 0 amide bonds. The Hall–Kier alpha value is -1.52. The van der Waals surface area contributed by atoms with Crippen LogP contribution in [0.5, 0.6) is 17.2 Å². The topological polar surface area (TPSA) is 38.7 Å². The predicted octanol–water partition coefficient (Wildman–Crippen LogP) is 4.50. The van der Waals surface area contributed by atoms with Gasteiger partial charge in [-0.3, -0.25) is 0 Å². The van der Waals surface area contributed by atoms with E-state index in [1.54, 1.807) is 23.9 Å². The fourth-order valence-electron chi connectivity index (χ4n) is 2.08. The van der Waals surface area contributed by atoms with Gasteiger partial charge in [0.15, 0.2) is 11.5 Å². The van der Waals surface area contributed by atoms with Gasteiger partial charge in [0.2, 0.25) is 0 Å². The summed E-state index contributed by atoms with van der Waals surface area (Å²) < 4.78 is 11.3. The monoisotopic (exact) mass is 322 g/mol. The molecule has 0 saturated heterocycles. The summed E-state index contributed by atoms with van der Waals surface area (Å²) in [4.78, 5) is 1.09. The second-order valence-corrected chi connectivity index (χ2v) is 6.19. The molecule has 0 atom stereocenters. The van der Waals surface area contributed by atoms with Gasteiger partial charge in [0.25, 0.3) is 0 Å². The van der Waals surface area contributed by atoms with Crippen LogP contribution in [-0.4, -0.2) is 18.3 Å². The maximum atomic E-state index is 9.28. The number of hydrogen-bond donors (Lipinski definition) is 1. The third-order valence-electron chi connectivity index (χ3n) is 3.10. The molecule has 0 spiro atoms. The summed E-state index contributed by atoms with van der Waals surface area (Å²) in [7, 11) is 0. The molecule has 2 aromatic rings. The van der Waals surface area contributed by atoms with Gasteiger partial charge in [-0.1, -0.05) is 11.6 Å². The molecule has 1 heterocycles. The summed E-state index contributed by atoms with van der Waals surface area (Å²) in [6.07, 6.45) is 0.864. The van der Waals surface area contributed by atoms with Crippen LogP contribution in [-0.2, 0) is 5.75 Å². The molecule has 1 aliphatic rings. The zero-order valence-corrected chi connectivity index (χ0v) is 12.9. The Balaban J connectivity index is 1.75. The summed E-state index contributed by atoms with van der Waals surface area (Å²) in [6.45, 7) is 1.28. The predicted molar refractivity (Wildman–Crippen MR) is 84.7 cm³/mol. The van der Waals surface area contributed by atoms with Crippen LogP contribution in [0.1, 0.15) is 12.0 Å². The number of rotatable bonds is 3. The molecular weight excluding hydrogens is 308 g/mol. The number of thioether (sulfide) groups is 1. The molecule has 0 aliphatic carbocycles. The highest BCUT2D eigenvalue weighted by Gasteiger charge is 2.15. The average Bonchev–Trinajstić information content (AvgIpc) is 2.72. The van der Waals surface area contributed by atoms with E-state index in [0.29, 0.717) is 24.0 Å². The Morgan fingerprint density at radius 3 is 2.67 bits per heavy atom. The summed E-state index contributed by atoms with van der Waals surface area (Å²) in [5.74, 6) is 2.42. The first-order chi connectivity index (χ1) is 10.2. The number of benzene rings is 2. The van der Waals surface area contributed by atoms with E-state index in [-0.39, 0.29) is 5.75 Å². The maximum absolute atomic E-state index is 9.28. The van der Waals surface area contributed by atoms with E-state index < -0.39 is 0 Å². The molecule has 2 aromatic carbocycles. The lowest BCUT2D eigenvalue weighted by Crippen LogP contribution is -1.97. The highest BCUT2D eigenvalue weighted by atomic mass is 35.5. The molecule has 0 bridgehead atoms. The molecule has 1 N–H and O–H groups in total. The summed E-state index contributed by atoms with van der Waals surface area (Å²) >= 11 is 7.96. The number of phenolic OH excluding ortho intramolecular Hbond substituents is 1. The van der Waals surface area contributed by atoms with Crippen LogP contribution in [0.4, 0.5) is 0 Å². The molecule has 5 heteroatoms. The van der Waals surface area contributed by atoms with Crippen LogP contribution in [0.2, 0.25) is 5.02 Å². The van der Waals surface area contributed by atoms with E-state index in [4.69, 9.17) is 21.1 Å². The van der Waals surface area contributed by atoms with Crippen LogP contribution >= 0.6 is 23.4 Å². The molecule has 21 heavy (non-hydrogen) atoms. The van der Waals surface area contributed by atoms with Gasteiger partial charge in [-0.25, -0.2) is 0 Å². The van der Waals surface area contributed by atoms with Crippen molar-refractivity contribution in [3.63, 3.8) is 0 Å². The average molecular weight is 323 g/mol. The van der Waals surface area contributed by atoms with E-state index >= 15 is 0 Å². The lowest BCUT2D eigenvalue weighted by Gasteiger charge is -2.11. The molecule has 110 valence electrons. The molecule has 1 aliphatic heterocycles. The number of halogens is 1. The molecule has 0 saturated carbocycles. The van der Waals surface area contributed by atoms with Crippen LogP contribution in [0.15, 0.2) is 41.3 Å². The Bertz CT molecular complexity index is 628. The zero-order chi connectivity index (χ0) is 14.7. The van der Waals surface area contributed by atoms with E-state index in [2.05, 4.69) is 0 Å². The molecule has 3 rings (SSSR count). The summed E-state index contributed by atoms with van der Waals surface area (Å²) in [6, 6.07) is 11.1. The van der Waals surface area contributed by atoms with Gasteiger partial charge in [0.1, 0.15) is 5.75 Å². The summed E-state index contributed by atoms with van der Waals surface area (Å²) in [5, 5.41) is 9.87. The Labute approximate surface area is 132 Å². The van der Waals surface area contributed by atoms with Gasteiger partial charge in [-0.15, -0.1) is 11.8 Å². The quantitative estimate of drug-likeness (QED) is 0.844. The van der Waals surface area contributed by atoms with Crippen molar-refractivity contribution in [3.05, 3.63) is 47.0 Å². The Morgan fingerprint density at radius 2 is 1.86 bits per heavy atom. The highest BCUT2D eigenvalue weighted by molar-refractivity contribution is 7.98. The van der Waals surface area contributed by atoms with Crippen molar-refractivity contribution < 1.29 is 14.6 Å². The highest BCUT2D eigenvalue weighted by Crippen LogP contribution is 2.39. The van der Waals surface area contributed by atoms with Crippen molar-refractivity contribution in [1.29, 1.82) is 0 Å². The fraction of sp³-hybridized carbons (Fsp3) is 0.250. The van der Waals surface area contributed by atoms with Gasteiger partial charge in [-0.05, 0) is 42.0 Å². The van der Waals surface area contributed by atoms with Crippen LogP contribution in [0.3, 0.4) is 0 Å². The number of ether oxygens (including phenoxy) is 2. The molecule has 0 aromatic heterocycles. The minimum atomic E-state index is 0.276. The third-order valence-corrected chi connectivity index (χ3v) is 4.47. The first-order valence-electron chi connectivity index (χ1n) is 6.72. The molecular formula is C16H15ClO3S. The first-order valence-corrected chi connectivity index (χ1v) is 8.08. The standard InChI is InChI=1S/C16H15ClO3S/c17-14-8-11(9-15-16(14)20-7-1-6-19-15)10-21-13-4-2-12(18)3-5-13/h2-5,8-9,18H,1,6-7,10H2. The first kappa shape index (κ1) is 14.4. The lowest BCUT2D eigenvalue weighted by molar-refractivity contribution is 0.297. The fourth-order valence-corrected chi connectivity index (χ4v) is 3.19. The van der Waals surface area contributed by atoms with E-state index in [1.165, 1.54) is 0 Å². The van der Waals surface area contributed by atoms with Gasteiger partial charge in [0.05, 0.1) is 18.2 Å². The largest absolute Gasteiger partial charge is 0.508 e. The number of fused-ring (bicyclic) bond motifs is 1. The van der Waals surface area contributed by atoms with Gasteiger partial charge < -0.3 is 14.6 Å². The number of aromatic hydroxyl groups is 1. The molecule has 3 nitrogen and oxygen atoms in total. The minimum Gasteiger partial charge on any atom is -0.508 e. The van der Waals surface area contributed by atoms with Crippen LogP contribution in [0.25, 0.3) is 0 Å². The summed E-state index contributed by atoms with van der Waals surface area (Å²) in [5.41, 5.74) is 1.09. The van der Waals surface area contributed by atoms with Crippen molar-refractivity contribution >= 4 is 23.4 Å². The molecule has 0 unspecified atom stereocenters.